The number of nitro benzene ring substituents is 1. The van der Waals surface area contributed by atoms with E-state index in [4.69, 9.17) is 16.3 Å². The predicted octanol–water partition coefficient (Wildman–Crippen LogP) is 3.08. The molecule has 1 amide bonds. The van der Waals surface area contributed by atoms with Crippen LogP contribution in [0.4, 0.5) is 11.4 Å². The number of nitro groups is 1. The van der Waals surface area contributed by atoms with E-state index in [1.54, 1.807) is 24.3 Å². The van der Waals surface area contributed by atoms with E-state index in [1.807, 2.05) is 0 Å². The maximum atomic E-state index is 11.8. The summed E-state index contributed by atoms with van der Waals surface area (Å²) in [5.41, 5.74) is 0.436. The lowest BCUT2D eigenvalue weighted by Gasteiger charge is -2.09. The molecule has 0 bridgehead atoms. The zero-order chi connectivity index (χ0) is 16.8. The molecule has 8 heteroatoms. The standard InChI is InChI=1S/C15H11ClN2O5/c16-13-6-3-11(18(21)22)7-14(13)17-15(20)9-23-12-4-1-10(8-19)2-5-12/h1-8H,9H2,(H,17,20). The molecule has 0 saturated carbocycles. The Labute approximate surface area is 136 Å². The van der Waals surface area contributed by atoms with Gasteiger partial charge in [0.15, 0.2) is 6.61 Å². The second-order valence-corrected chi connectivity index (χ2v) is 4.85. The maximum Gasteiger partial charge on any atom is 0.271 e. The normalized spacial score (nSPS) is 9.96. The molecular weight excluding hydrogens is 324 g/mol. The van der Waals surface area contributed by atoms with Crippen LogP contribution in [0.25, 0.3) is 0 Å². The highest BCUT2D eigenvalue weighted by molar-refractivity contribution is 6.33. The molecule has 1 N–H and O–H groups in total. The number of hydrogen-bond acceptors (Lipinski definition) is 5. The van der Waals surface area contributed by atoms with E-state index in [9.17, 15) is 19.7 Å². The summed E-state index contributed by atoms with van der Waals surface area (Å²) in [7, 11) is 0. The Morgan fingerprint density at radius 1 is 1.26 bits per heavy atom. The summed E-state index contributed by atoms with van der Waals surface area (Å²) in [5, 5.41) is 13.3. The van der Waals surface area contributed by atoms with Crippen LogP contribution < -0.4 is 10.1 Å². The van der Waals surface area contributed by atoms with Crippen molar-refractivity contribution in [3.8, 4) is 5.75 Å². The van der Waals surface area contributed by atoms with Crippen molar-refractivity contribution in [3.63, 3.8) is 0 Å². The number of benzene rings is 2. The Hall–Kier alpha value is -2.93. The SMILES string of the molecule is O=Cc1ccc(OCC(=O)Nc2cc([N+](=O)[O-])ccc2Cl)cc1. The molecule has 2 aromatic rings. The van der Waals surface area contributed by atoms with Gasteiger partial charge in [0.1, 0.15) is 12.0 Å². The fraction of sp³-hybridized carbons (Fsp3) is 0.0667. The van der Waals surface area contributed by atoms with Crippen molar-refractivity contribution in [2.45, 2.75) is 0 Å². The van der Waals surface area contributed by atoms with Gasteiger partial charge in [-0.15, -0.1) is 0 Å². The average molecular weight is 335 g/mol. The van der Waals surface area contributed by atoms with Crippen LogP contribution in [0, 0.1) is 10.1 Å². The van der Waals surface area contributed by atoms with Crippen LogP contribution in [0.15, 0.2) is 42.5 Å². The largest absolute Gasteiger partial charge is 0.484 e. The summed E-state index contributed by atoms with van der Waals surface area (Å²) in [6, 6.07) is 9.94. The van der Waals surface area contributed by atoms with Crippen molar-refractivity contribution in [3.05, 3.63) is 63.2 Å². The highest BCUT2D eigenvalue weighted by Crippen LogP contribution is 2.26. The first-order valence-electron chi connectivity index (χ1n) is 6.41. The van der Waals surface area contributed by atoms with Crippen LogP contribution in [0.2, 0.25) is 5.02 Å². The summed E-state index contributed by atoms with van der Waals surface area (Å²) in [4.78, 5) is 32.5. The number of nitrogens with one attached hydrogen (secondary N) is 1. The zero-order valence-corrected chi connectivity index (χ0v) is 12.4. The third-order valence-electron chi connectivity index (χ3n) is 2.82. The van der Waals surface area contributed by atoms with Crippen LogP contribution in [0.5, 0.6) is 5.75 Å². The van der Waals surface area contributed by atoms with Gasteiger partial charge in [-0.2, -0.15) is 0 Å². The molecule has 118 valence electrons. The fourth-order valence-corrected chi connectivity index (χ4v) is 1.87. The van der Waals surface area contributed by atoms with Gasteiger partial charge in [-0.3, -0.25) is 19.7 Å². The Bertz CT molecular complexity index is 746. The van der Waals surface area contributed by atoms with Crippen LogP contribution in [-0.4, -0.2) is 23.7 Å². The van der Waals surface area contributed by atoms with E-state index in [0.717, 1.165) is 0 Å². The van der Waals surface area contributed by atoms with Crippen LogP contribution >= 0.6 is 11.6 Å². The van der Waals surface area contributed by atoms with Crippen molar-refractivity contribution in [1.82, 2.24) is 0 Å². The number of ether oxygens (including phenoxy) is 1. The molecule has 7 nitrogen and oxygen atoms in total. The van der Waals surface area contributed by atoms with E-state index < -0.39 is 10.8 Å². The van der Waals surface area contributed by atoms with E-state index in [2.05, 4.69) is 5.32 Å². The first-order chi connectivity index (χ1) is 11.0. The second-order valence-electron chi connectivity index (χ2n) is 4.44. The van der Waals surface area contributed by atoms with Crippen LogP contribution in [0.1, 0.15) is 10.4 Å². The van der Waals surface area contributed by atoms with Crippen molar-refractivity contribution in [1.29, 1.82) is 0 Å². The van der Waals surface area contributed by atoms with E-state index >= 15 is 0 Å². The number of non-ortho nitro benzene ring substituents is 1. The lowest BCUT2D eigenvalue weighted by Crippen LogP contribution is -2.20. The Balaban J connectivity index is 1.97. The lowest BCUT2D eigenvalue weighted by molar-refractivity contribution is -0.384. The zero-order valence-electron chi connectivity index (χ0n) is 11.7. The molecule has 0 aliphatic carbocycles. The van der Waals surface area contributed by atoms with Gasteiger partial charge in [0, 0.05) is 17.7 Å². The topological polar surface area (TPSA) is 98.5 Å². The molecule has 0 saturated heterocycles. The van der Waals surface area contributed by atoms with E-state index in [0.29, 0.717) is 17.6 Å². The van der Waals surface area contributed by atoms with Crippen LogP contribution in [0.3, 0.4) is 0 Å². The first kappa shape index (κ1) is 16.4. The summed E-state index contributed by atoms with van der Waals surface area (Å²) in [6.07, 6.45) is 0.695. The van der Waals surface area contributed by atoms with Crippen molar-refractivity contribution < 1.29 is 19.2 Å². The minimum absolute atomic E-state index is 0.130. The molecule has 2 aromatic carbocycles. The highest BCUT2D eigenvalue weighted by atomic mass is 35.5. The highest BCUT2D eigenvalue weighted by Gasteiger charge is 2.12. The number of hydrogen-bond donors (Lipinski definition) is 1. The number of amides is 1. The third-order valence-corrected chi connectivity index (χ3v) is 3.15. The summed E-state index contributed by atoms with van der Waals surface area (Å²) in [6.45, 7) is -0.306. The predicted molar refractivity (Wildman–Crippen MR) is 84.1 cm³/mol. The van der Waals surface area contributed by atoms with Crippen LogP contribution in [-0.2, 0) is 4.79 Å². The molecule has 0 radical (unpaired) electrons. The Kier molecular flexibility index (Phi) is 5.27. The maximum absolute atomic E-state index is 11.8. The molecule has 0 aliphatic rings. The molecule has 0 aromatic heterocycles. The van der Waals surface area contributed by atoms with Gasteiger partial charge in [-0.05, 0) is 30.3 Å². The number of anilines is 1. The molecule has 2 rings (SSSR count). The third kappa shape index (κ3) is 4.52. The molecule has 0 spiro atoms. The minimum atomic E-state index is -0.586. The molecule has 0 unspecified atom stereocenters. The monoisotopic (exact) mass is 334 g/mol. The van der Waals surface area contributed by atoms with Gasteiger partial charge in [-0.1, -0.05) is 11.6 Å². The second kappa shape index (κ2) is 7.37. The Morgan fingerprint density at radius 2 is 1.96 bits per heavy atom. The minimum Gasteiger partial charge on any atom is -0.484 e. The van der Waals surface area contributed by atoms with E-state index in [-0.39, 0.29) is 23.0 Å². The van der Waals surface area contributed by atoms with Gasteiger partial charge in [-0.25, -0.2) is 0 Å². The number of rotatable bonds is 6. The number of halogens is 1. The number of nitrogens with zero attached hydrogens (tertiary/aromatic N) is 1. The van der Waals surface area contributed by atoms with Crippen molar-refractivity contribution in [2.75, 3.05) is 11.9 Å². The number of carbonyl (C=O) groups excluding carboxylic acids is 2. The molecule has 0 heterocycles. The number of carbonyl (C=O) groups is 2. The van der Waals surface area contributed by atoms with E-state index in [1.165, 1.54) is 18.2 Å². The summed E-state index contributed by atoms with van der Waals surface area (Å²) >= 11 is 5.88. The van der Waals surface area contributed by atoms with Gasteiger partial charge >= 0.3 is 0 Å². The lowest BCUT2D eigenvalue weighted by atomic mass is 10.2. The van der Waals surface area contributed by atoms with Crippen molar-refractivity contribution in [2.24, 2.45) is 0 Å². The summed E-state index contributed by atoms with van der Waals surface area (Å²) < 4.78 is 5.25. The van der Waals surface area contributed by atoms with Gasteiger partial charge in [0.05, 0.1) is 15.6 Å². The average Bonchev–Trinajstić information content (AvgIpc) is 2.55. The first-order valence-corrected chi connectivity index (χ1v) is 6.79. The van der Waals surface area contributed by atoms with Gasteiger partial charge < -0.3 is 10.1 Å². The summed E-state index contributed by atoms with van der Waals surface area (Å²) in [5.74, 6) is -0.109. The van der Waals surface area contributed by atoms with Gasteiger partial charge in [0.25, 0.3) is 11.6 Å². The Morgan fingerprint density at radius 3 is 2.57 bits per heavy atom. The number of aldehydes is 1. The quantitative estimate of drug-likeness (QED) is 0.497. The molecule has 23 heavy (non-hydrogen) atoms. The smallest absolute Gasteiger partial charge is 0.271 e. The van der Waals surface area contributed by atoms with Crippen molar-refractivity contribution >= 4 is 35.2 Å². The van der Waals surface area contributed by atoms with Gasteiger partial charge in [0.2, 0.25) is 0 Å². The molecule has 0 atom stereocenters. The molecular formula is C15H11ClN2O5. The molecule has 0 aliphatic heterocycles. The fourth-order valence-electron chi connectivity index (χ4n) is 1.70. The molecule has 0 fully saturated rings.